The Kier molecular flexibility index (Phi) is 3.42. The molecule has 0 bridgehead atoms. The van der Waals surface area contributed by atoms with Gasteiger partial charge in [0.25, 0.3) is 0 Å². The van der Waals surface area contributed by atoms with Gasteiger partial charge in [0, 0.05) is 12.2 Å². The lowest BCUT2D eigenvalue weighted by Gasteiger charge is -2.18. The smallest absolute Gasteiger partial charge is 0.144 e. The van der Waals surface area contributed by atoms with Gasteiger partial charge in [-0.25, -0.2) is 4.98 Å². The molecule has 1 N–H and O–H groups in total. The maximum atomic E-state index is 9.28. The summed E-state index contributed by atoms with van der Waals surface area (Å²) in [5.41, 5.74) is 3.19. The first-order valence-corrected chi connectivity index (χ1v) is 7.44. The Balaban J connectivity index is 1.77. The summed E-state index contributed by atoms with van der Waals surface area (Å²) >= 11 is 0. The van der Waals surface area contributed by atoms with Crippen molar-refractivity contribution >= 4 is 5.82 Å². The van der Waals surface area contributed by atoms with E-state index in [-0.39, 0.29) is 0 Å². The predicted octanol–water partition coefficient (Wildman–Crippen LogP) is 3.29. The van der Waals surface area contributed by atoms with Crippen molar-refractivity contribution in [2.45, 2.75) is 45.4 Å². The Hall–Kier alpha value is -1.56. The zero-order valence-electron chi connectivity index (χ0n) is 11.6. The number of pyridine rings is 1. The van der Waals surface area contributed by atoms with Crippen LogP contribution in [0.25, 0.3) is 0 Å². The molecular weight excluding hydrogens is 234 g/mol. The lowest BCUT2D eigenvalue weighted by molar-refractivity contribution is 0.535. The van der Waals surface area contributed by atoms with Gasteiger partial charge in [-0.2, -0.15) is 5.26 Å². The fourth-order valence-corrected chi connectivity index (χ4v) is 2.94. The van der Waals surface area contributed by atoms with Crippen LogP contribution in [0.1, 0.15) is 49.4 Å². The molecule has 19 heavy (non-hydrogen) atoms. The normalized spacial score (nSPS) is 19.4. The minimum absolute atomic E-state index is 0.685. The fraction of sp³-hybridized carbons (Fsp3) is 0.625. The number of rotatable bonds is 4. The van der Waals surface area contributed by atoms with Crippen LogP contribution in [0.5, 0.6) is 0 Å². The Bertz CT molecular complexity index is 511. The summed E-state index contributed by atoms with van der Waals surface area (Å²) in [5, 5.41) is 12.7. The minimum Gasteiger partial charge on any atom is -0.369 e. The van der Waals surface area contributed by atoms with E-state index in [9.17, 15) is 5.26 Å². The lowest BCUT2D eigenvalue weighted by atomic mass is 9.95. The summed E-state index contributed by atoms with van der Waals surface area (Å²) in [6.07, 6.45) is 7.33. The molecule has 2 aliphatic rings. The van der Waals surface area contributed by atoms with E-state index in [0.717, 1.165) is 31.1 Å². The highest BCUT2D eigenvalue weighted by Gasteiger charge is 2.27. The standard InChI is InChI=1S/C16H21N3/c1-11(12-6-7-12)10-18-16-14(9-17)8-13-4-2-3-5-15(13)19-16/h8,11-12H,2-7,10H2,1H3,(H,18,19). The monoisotopic (exact) mass is 255 g/mol. The van der Waals surface area contributed by atoms with Crippen LogP contribution < -0.4 is 5.32 Å². The van der Waals surface area contributed by atoms with Gasteiger partial charge in [0.15, 0.2) is 0 Å². The third-order valence-corrected chi connectivity index (χ3v) is 4.44. The summed E-state index contributed by atoms with van der Waals surface area (Å²) in [4.78, 5) is 4.70. The number of anilines is 1. The van der Waals surface area contributed by atoms with Crippen LogP contribution in [0.4, 0.5) is 5.82 Å². The maximum absolute atomic E-state index is 9.28. The minimum atomic E-state index is 0.685. The second-order valence-corrected chi connectivity index (χ2v) is 6.00. The number of nitriles is 1. The molecule has 3 rings (SSSR count). The molecule has 100 valence electrons. The van der Waals surface area contributed by atoms with E-state index in [1.165, 1.54) is 36.9 Å². The third-order valence-electron chi connectivity index (χ3n) is 4.44. The zero-order chi connectivity index (χ0) is 13.2. The maximum Gasteiger partial charge on any atom is 0.144 e. The molecule has 0 aliphatic heterocycles. The Labute approximate surface area is 115 Å². The van der Waals surface area contributed by atoms with Crippen LogP contribution >= 0.6 is 0 Å². The molecule has 0 amide bonds. The van der Waals surface area contributed by atoms with E-state index in [0.29, 0.717) is 11.5 Å². The van der Waals surface area contributed by atoms with Crippen LogP contribution in [-0.2, 0) is 12.8 Å². The molecule has 1 aromatic rings. The van der Waals surface area contributed by atoms with Crippen molar-refractivity contribution in [3.05, 3.63) is 22.9 Å². The summed E-state index contributed by atoms with van der Waals surface area (Å²) in [7, 11) is 0. The second kappa shape index (κ2) is 5.21. The van der Waals surface area contributed by atoms with Gasteiger partial charge >= 0.3 is 0 Å². The molecule has 1 fully saturated rings. The van der Waals surface area contributed by atoms with Crippen LogP contribution in [0.15, 0.2) is 6.07 Å². The highest BCUT2D eigenvalue weighted by Crippen LogP contribution is 2.36. The molecule has 1 unspecified atom stereocenters. The SMILES string of the molecule is CC(CNc1nc2c(cc1C#N)CCCC2)C1CC1. The van der Waals surface area contributed by atoms with Crippen LogP contribution in [-0.4, -0.2) is 11.5 Å². The molecule has 0 spiro atoms. The van der Waals surface area contributed by atoms with Gasteiger partial charge in [-0.05, 0) is 62.0 Å². The average Bonchev–Trinajstić information content (AvgIpc) is 3.28. The van der Waals surface area contributed by atoms with Gasteiger partial charge in [0.2, 0.25) is 0 Å². The van der Waals surface area contributed by atoms with Gasteiger partial charge in [-0.1, -0.05) is 6.92 Å². The van der Waals surface area contributed by atoms with Crippen LogP contribution in [0, 0.1) is 23.2 Å². The fourth-order valence-electron chi connectivity index (χ4n) is 2.94. The van der Waals surface area contributed by atoms with E-state index >= 15 is 0 Å². The van der Waals surface area contributed by atoms with Gasteiger partial charge in [0.1, 0.15) is 11.9 Å². The zero-order valence-corrected chi connectivity index (χ0v) is 11.6. The van der Waals surface area contributed by atoms with Crippen molar-refractivity contribution in [2.24, 2.45) is 11.8 Å². The van der Waals surface area contributed by atoms with E-state index in [1.807, 2.05) is 6.07 Å². The van der Waals surface area contributed by atoms with Crippen molar-refractivity contribution in [1.82, 2.24) is 4.98 Å². The topological polar surface area (TPSA) is 48.7 Å². The summed E-state index contributed by atoms with van der Waals surface area (Å²) in [6.45, 7) is 3.22. The van der Waals surface area contributed by atoms with Crippen LogP contribution in [0.2, 0.25) is 0 Å². The Morgan fingerprint density at radius 3 is 2.95 bits per heavy atom. The molecule has 1 heterocycles. The highest BCUT2D eigenvalue weighted by atomic mass is 15.0. The van der Waals surface area contributed by atoms with Gasteiger partial charge in [0.05, 0.1) is 5.56 Å². The number of nitrogens with zero attached hydrogens (tertiary/aromatic N) is 2. The molecule has 3 heteroatoms. The predicted molar refractivity (Wildman–Crippen MR) is 76.0 cm³/mol. The average molecular weight is 255 g/mol. The first kappa shape index (κ1) is 12.5. The number of hydrogen-bond donors (Lipinski definition) is 1. The van der Waals surface area contributed by atoms with Crippen molar-refractivity contribution in [3.63, 3.8) is 0 Å². The largest absolute Gasteiger partial charge is 0.369 e. The first-order chi connectivity index (χ1) is 9.28. The summed E-state index contributed by atoms with van der Waals surface area (Å²) in [6, 6.07) is 4.34. The molecule has 1 aromatic heterocycles. The lowest BCUT2D eigenvalue weighted by Crippen LogP contribution is -2.16. The molecule has 1 saturated carbocycles. The number of aromatic nitrogens is 1. The van der Waals surface area contributed by atoms with Crippen molar-refractivity contribution in [1.29, 1.82) is 5.26 Å². The molecule has 2 aliphatic carbocycles. The number of aryl methyl sites for hydroxylation is 2. The van der Waals surface area contributed by atoms with Gasteiger partial charge in [-0.15, -0.1) is 0 Å². The Morgan fingerprint density at radius 2 is 2.21 bits per heavy atom. The molecule has 1 atom stereocenters. The van der Waals surface area contributed by atoms with E-state index < -0.39 is 0 Å². The van der Waals surface area contributed by atoms with E-state index in [2.05, 4.69) is 18.3 Å². The molecule has 0 aromatic carbocycles. The van der Waals surface area contributed by atoms with Crippen LogP contribution in [0.3, 0.4) is 0 Å². The number of nitrogens with one attached hydrogen (secondary N) is 1. The van der Waals surface area contributed by atoms with Gasteiger partial charge < -0.3 is 5.32 Å². The van der Waals surface area contributed by atoms with Crippen molar-refractivity contribution in [3.8, 4) is 6.07 Å². The summed E-state index contributed by atoms with van der Waals surface area (Å²) in [5.74, 6) is 2.37. The van der Waals surface area contributed by atoms with Crippen molar-refractivity contribution < 1.29 is 0 Å². The first-order valence-electron chi connectivity index (χ1n) is 7.44. The number of fused-ring (bicyclic) bond motifs is 1. The Morgan fingerprint density at radius 1 is 1.42 bits per heavy atom. The second-order valence-electron chi connectivity index (χ2n) is 6.00. The summed E-state index contributed by atoms with van der Waals surface area (Å²) < 4.78 is 0. The highest BCUT2D eigenvalue weighted by molar-refractivity contribution is 5.54. The number of hydrogen-bond acceptors (Lipinski definition) is 3. The third kappa shape index (κ3) is 2.73. The molecule has 3 nitrogen and oxygen atoms in total. The van der Waals surface area contributed by atoms with E-state index in [4.69, 9.17) is 4.98 Å². The quantitative estimate of drug-likeness (QED) is 0.898. The molecule has 0 saturated heterocycles. The van der Waals surface area contributed by atoms with Crippen molar-refractivity contribution in [2.75, 3.05) is 11.9 Å². The van der Waals surface area contributed by atoms with Gasteiger partial charge in [-0.3, -0.25) is 0 Å². The molecular formula is C16H21N3. The molecule has 0 radical (unpaired) electrons. The van der Waals surface area contributed by atoms with E-state index in [1.54, 1.807) is 0 Å².